The summed E-state index contributed by atoms with van der Waals surface area (Å²) < 4.78 is 0. The summed E-state index contributed by atoms with van der Waals surface area (Å²) in [7, 11) is 0. The first-order chi connectivity index (χ1) is 9.59. The summed E-state index contributed by atoms with van der Waals surface area (Å²) in [6.07, 6.45) is 2.10. The van der Waals surface area contributed by atoms with Gasteiger partial charge in [-0.25, -0.2) is 0 Å². The van der Waals surface area contributed by atoms with E-state index < -0.39 is 4.92 Å². The van der Waals surface area contributed by atoms with Crippen LogP contribution in [-0.2, 0) is 11.3 Å². The lowest BCUT2D eigenvalue weighted by molar-refractivity contribution is -0.385. The number of rotatable bonds is 4. The van der Waals surface area contributed by atoms with Gasteiger partial charge in [-0.3, -0.25) is 14.9 Å². The third-order valence-corrected chi connectivity index (χ3v) is 3.69. The number of nitro groups is 1. The van der Waals surface area contributed by atoms with E-state index in [0.29, 0.717) is 5.56 Å². The van der Waals surface area contributed by atoms with Crippen molar-refractivity contribution in [2.24, 2.45) is 5.92 Å². The summed E-state index contributed by atoms with van der Waals surface area (Å²) in [5, 5.41) is 16.9. The molecular weight excluding hydrogens is 258 g/mol. The molecule has 2 atom stereocenters. The van der Waals surface area contributed by atoms with Crippen LogP contribution in [0.1, 0.15) is 25.3 Å². The summed E-state index contributed by atoms with van der Waals surface area (Å²) in [6, 6.07) is 6.26. The van der Waals surface area contributed by atoms with Crippen LogP contribution in [0.25, 0.3) is 0 Å². The Balaban J connectivity index is 1.98. The second-order valence-corrected chi connectivity index (χ2v) is 5.15. The van der Waals surface area contributed by atoms with E-state index in [1.807, 2.05) is 6.92 Å². The van der Waals surface area contributed by atoms with Crippen molar-refractivity contribution in [1.82, 2.24) is 10.6 Å². The Kier molecular flexibility index (Phi) is 4.68. The van der Waals surface area contributed by atoms with Crippen molar-refractivity contribution in [3.05, 3.63) is 39.9 Å². The number of para-hydroxylation sites is 1. The second kappa shape index (κ2) is 6.47. The average molecular weight is 277 g/mol. The average Bonchev–Trinajstić information content (AvgIpc) is 2.45. The van der Waals surface area contributed by atoms with E-state index in [-0.39, 0.29) is 30.1 Å². The minimum atomic E-state index is -0.428. The molecule has 1 aliphatic rings. The number of hydrogen-bond acceptors (Lipinski definition) is 4. The highest BCUT2D eigenvalue weighted by Gasteiger charge is 2.27. The first kappa shape index (κ1) is 14.5. The number of carbonyl (C=O) groups is 1. The van der Waals surface area contributed by atoms with E-state index >= 15 is 0 Å². The van der Waals surface area contributed by atoms with Gasteiger partial charge < -0.3 is 10.6 Å². The molecule has 0 aromatic heterocycles. The van der Waals surface area contributed by atoms with Gasteiger partial charge in [0.25, 0.3) is 5.69 Å². The van der Waals surface area contributed by atoms with Crippen LogP contribution < -0.4 is 10.6 Å². The van der Waals surface area contributed by atoms with Crippen molar-refractivity contribution in [3.8, 4) is 0 Å². The van der Waals surface area contributed by atoms with E-state index in [1.165, 1.54) is 6.07 Å². The number of nitrogens with zero attached hydrogens (tertiary/aromatic N) is 1. The van der Waals surface area contributed by atoms with Gasteiger partial charge in [0.05, 0.1) is 11.0 Å². The number of piperidine rings is 1. The van der Waals surface area contributed by atoms with Crippen LogP contribution in [0.15, 0.2) is 24.3 Å². The predicted molar refractivity (Wildman–Crippen MR) is 75.1 cm³/mol. The van der Waals surface area contributed by atoms with Gasteiger partial charge in [-0.2, -0.15) is 0 Å². The maximum absolute atomic E-state index is 12.1. The van der Waals surface area contributed by atoms with Gasteiger partial charge in [0.1, 0.15) is 0 Å². The lowest BCUT2D eigenvalue weighted by Gasteiger charge is -2.28. The predicted octanol–water partition coefficient (Wildman–Crippen LogP) is 1.60. The van der Waals surface area contributed by atoms with Gasteiger partial charge in [-0.1, -0.05) is 25.1 Å². The molecule has 0 aliphatic carbocycles. The Bertz CT molecular complexity index is 504. The molecule has 1 aliphatic heterocycles. The van der Waals surface area contributed by atoms with Crippen LogP contribution in [0.2, 0.25) is 0 Å². The molecule has 1 fully saturated rings. The summed E-state index contributed by atoms with van der Waals surface area (Å²) in [6.45, 7) is 3.07. The van der Waals surface area contributed by atoms with E-state index in [2.05, 4.69) is 10.6 Å². The van der Waals surface area contributed by atoms with Gasteiger partial charge in [0, 0.05) is 18.2 Å². The summed E-state index contributed by atoms with van der Waals surface area (Å²) in [4.78, 5) is 22.6. The molecule has 2 rings (SSSR count). The van der Waals surface area contributed by atoms with Crippen LogP contribution in [0.5, 0.6) is 0 Å². The number of carbonyl (C=O) groups excluding carboxylic acids is 1. The highest BCUT2D eigenvalue weighted by Crippen LogP contribution is 2.18. The van der Waals surface area contributed by atoms with Crippen LogP contribution in [0, 0.1) is 16.0 Å². The fraction of sp³-hybridized carbons (Fsp3) is 0.500. The molecule has 2 N–H and O–H groups in total. The summed E-state index contributed by atoms with van der Waals surface area (Å²) in [5.41, 5.74) is 0.562. The van der Waals surface area contributed by atoms with Crippen LogP contribution in [-0.4, -0.2) is 23.4 Å². The molecule has 6 nitrogen and oxygen atoms in total. The van der Waals surface area contributed by atoms with Crippen molar-refractivity contribution in [3.63, 3.8) is 0 Å². The molecule has 1 saturated heterocycles. The van der Waals surface area contributed by atoms with Crippen molar-refractivity contribution < 1.29 is 9.72 Å². The number of benzene rings is 1. The number of nitrogens with one attached hydrogen (secondary N) is 2. The lowest BCUT2D eigenvalue weighted by atomic mass is 9.92. The molecule has 20 heavy (non-hydrogen) atoms. The Labute approximate surface area is 117 Å². The van der Waals surface area contributed by atoms with Gasteiger partial charge in [0.2, 0.25) is 5.91 Å². The normalized spacial score (nSPS) is 22.2. The van der Waals surface area contributed by atoms with Crippen LogP contribution in [0.4, 0.5) is 5.69 Å². The van der Waals surface area contributed by atoms with Crippen molar-refractivity contribution in [1.29, 1.82) is 0 Å². The smallest absolute Gasteiger partial charge is 0.274 e. The zero-order valence-corrected chi connectivity index (χ0v) is 11.5. The fourth-order valence-electron chi connectivity index (χ4n) is 2.53. The summed E-state index contributed by atoms with van der Waals surface area (Å²) >= 11 is 0. The minimum Gasteiger partial charge on any atom is -0.350 e. The molecule has 1 aromatic rings. The summed E-state index contributed by atoms with van der Waals surface area (Å²) in [5.74, 6) is 0.199. The quantitative estimate of drug-likeness (QED) is 0.646. The molecule has 1 aromatic carbocycles. The van der Waals surface area contributed by atoms with Crippen LogP contribution in [0.3, 0.4) is 0 Å². The van der Waals surface area contributed by atoms with Crippen LogP contribution >= 0.6 is 0 Å². The molecule has 1 amide bonds. The van der Waals surface area contributed by atoms with Crippen molar-refractivity contribution in [2.75, 3.05) is 6.54 Å². The van der Waals surface area contributed by atoms with Gasteiger partial charge in [0.15, 0.2) is 0 Å². The fourth-order valence-corrected chi connectivity index (χ4v) is 2.53. The van der Waals surface area contributed by atoms with E-state index in [0.717, 1.165) is 19.4 Å². The SMILES string of the molecule is CC1CCCNC1C(=O)NCc1ccccc1[N+](=O)[O-]. The first-order valence-corrected chi connectivity index (χ1v) is 6.83. The van der Waals surface area contributed by atoms with Gasteiger partial charge in [-0.15, -0.1) is 0 Å². The highest BCUT2D eigenvalue weighted by molar-refractivity contribution is 5.82. The largest absolute Gasteiger partial charge is 0.350 e. The minimum absolute atomic E-state index is 0.0393. The van der Waals surface area contributed by atoms with Gasteiger partial charge >= 0.3 is 0 Å². The third kappa shape index (κ3) is 3.33. The second-order valence-electron chi connectivity index (χ2n) is 5.15. The maximum Gasteiger partial charge on any atom is 0.274 e. The third-order valence-electron chi connectivity index (χ3n) is 3.69. The number of amides is 1. The molecular formula is C14H19N3O3. The monoisotopic (exact) mass is 277 g/mol. The molecule has 0 bridgehead atoms. The Morgan fingerprint density at radius 3 is 2.95 bits per heavy atom. The van der Waals surface area contributed by atoms with Gasteiger partial charge in [-0.05, 0) is 25.3 Å². The Morgan fingerprint density at radius 1 is 1.50 bits per heavy atom. The maximum atomic E-state index is 12.1. The zero-order chi connectivity index (χ0) is 14.5. The van der Waals surface area contributed by atoms with E-state index in [1.54, 1.807) is 18.2 Å². The zero-order valence-electron chi connectivity index (χ0n) is 11.5. The molecule has 6 heteroatoms. The first-order valence-electron chi connectivity index (χ1n) is 6.83. The van der Waals surface area contributed by atoms with E-state index in [4.69, 9.17) is 0 Å². The Morgan fingerprint density at radius 2 is 2.25 bits per heavy atom. The molecule has 0 spiro atoms. The number of hydrogen-bond donors (Lipinski definition) is 2. The Hall–Kier alpha value is -1.95. The lowest BCUT2D eigenvalue weighted by Crippen LogP contribution is -2.50. The highest BCUT2D eigenvalue weighted by atomic mass is 16.6. The standard InChI is InChI=1S/C14H19N3O3/c1-10-5-4-8-15-13(10)14(18)16-9-11-6-2-3-7-12(11)17(19)20/h2-3,6-7,10,13,15H,4-5,8-9H2,1H3,(H,16,18). The topological polar surface area (TPSA) is 84.3 Å². The van der Waals surface area contributed by atoms with Crippen molar-refractivity contribution in [2.45, 2.75) is 32.4 Å². The number of nitro benzene ring substituents is 1. The molecule has 2 unspecified atom stereocenters. The molecule has 0 radical (unpaired) electrons. The molecule has 0 saturated carbocycles. The van der Waals surface area contributed by atoms with Crippen molar-refractivity contribution >= 4 is 11.6 Å². The molecule has 1 heterocycles. The van der Waals surface area contributed by atoms with E-state index in [9.17, 15) is 14.9 Å². The molecule has 108 valence electrons.